The van der Waals surface area contributed by atoms with Crippen molar-refractivity contribution in [3.05, 3.63) is 82.9 Å². The summed E-state index contributed by atoms with van der Waals surface area (Å²) in [6.07, 6.45) is 4.41. The standard InChI is InChI=1S/C34H45F2N5O4S2.C2HF3O2/c1-46(42,43)31-5-3-25(4-6-31)22-39-16-12-34-33(23-39)37-24-41(34)30-9-13-38(14-10-30)15-11-32(27-19-28(35)21-29(36)20-27)26-7-17-40(18-8-26)47(2,44)45;3-2(4,5)1(6)7/h3-6,19-21,24,26,30,32H,7-18,22-23H2,1-2H3;(H,6,7)/t32-;/m1./s1. The number of sulfonamides is 1. The molecular weight excluding hydrogens is 758 g/mol. The van der Waals surface area contributed by atoms with E-state index >= 15 is 0 Å². The van der Waals surface area contributed by atoms with E-state index in [4.69, 9.17) is 14.9 Å². The van der Waals surface area contributed by atoms with Crippen molar-refractivity contribution in [1.29, 1.82) is 0 Å². The molecule has 3 aliphatic heterocycles. The van der Waals surface area contributed by atoms with E-state index < -0.39 is 43.6 Å². The lowest BCUT2D eigenvalue weighted by Gasteiger charge is -2.38. The predicted octanol–water partition coefficient (Wildman–Crippen LogP) is 5.24. The predicted molar refractivity (Wildman–Crippen MR) is 191 cm³/mol. The highest BCUT2D eigenvalue weighted by atomic mass is 32.2. The van der Waals surface area contributed by atoms with E-state index in [2.05, 4.69) is 14.4 Å². The normalized spacial score (nSPS) is 19.2. The molecule has 54 heavy (non-hydrogen) atoms. The molecule has 0 unspecified atom stereocenters. The summed E-state index contributed by atoms with van der Waals surface area (Å²) in [6.45, 7) is 5.99. The smallest absolute Gasteiger partial charge is 0.475 e. The van der Waals surface area contributed by atoms with Gasteiger partial charge < -0.3 is 14.6 Å². The van der Waals surface area contributed by atoms with Gasteiger partial charge in [-0.05, 0) is 85.9 Å². The molecule has 18 heteroatoms. The van der Waals surface area contributed by atoms with E-state index in [0.717, 1.165) is 82.3 Å². The lowest BCUT2D eigenvalue weighted by molar-refractivity contribution is -0.192. The Morgan fingerprint density at radius 2 is 1.48 bits per heavy atom. The minimum absolute atomic E-state index is 0.0409. The average molecular weight is 804 g/mol. The summed E-state index contributed by atoms with van der Waals surface area (Å²) in [5, 5.41) is 7.12. The van der Waals surface area contributed by atoms with Crippen molar-refractivity contribution in [2.24, 2.45) is 5.92 Å². The number of halogens is 5. The Morgan fingerprint density at radius 1 is 0.889 bits per heavy atom. The molecule has 0 amide bonds. The summed E-state index contributed by atoms with van der Waals surface area (Å²) >= 11 is 0. The number of carbonyl (C=O) groups is 1. The fourth-order valence-corrected chi connectivity index (χ4v) is 9.26. The number of imidazole rings is 1. The Bertz CT molecular complexity index is 1960. The highest BCUT2D eigenvalue weighted by Gasteiger charge is 2.38. The summed E-state index contributed by atoms with van der Waals surface area (Å²) in [7, 11) is -6.46. The van der Waals surface area contributed by atoms with Crippen LogP contribution in [-0.2, 0) is 44.2 Å². The van der Waals surface area contributed by atoms with Crippen LogP contribution in [0.5, 0.6) is 0 Å². The number of aliphatic carboxylic acids is 1. The van der Waals surface area contributed by atoms with Crippen molar-refractivity contribution in [2.75, 3.05) is 51.8 Å². The van der Waals surface area contributed by atoms with Crippen molar-refractivity contribution in [2.45, 2.75) is 74.6 Å². The number of hydrogen-bond donors (Lipinski definition) is 1. The highest BCUT2D eigenvalue weighted by Crippen LogP contribution is 2.37. The van der Waals surface area contributed by atoms with Gasteiger partial charge in [0.05, 0.1) is 23.2 Å². The zero-order chi connectivity index (χ0) is 39.4. The van der Waals surface area contributed by atoms with Crippen LogP contribution >= 0.6 is 0 Å². The monoisotopic (exact) mass is 803 g/mol. The number of fused-ring (bicyclic) bond motifs is 1. The van der Waals surface area contributed by atoms with Gasteiger partial charge in [-0.2, -0.15) is 13.2 Å². The fourth-order valence-electron chi connectivity index (χ4n) is 7.75. The van der Waals surface area contributed by atoms with E-state index in [1.54, 1.807) is 12.1 Å². The Hall–Kier alpha value is -3.45. The van der Waals surface area contributed by atoms with E-state index in [9.17, 15) is 38.8 Å². The summed E-state index contributed by atoms with van der Waals surface area (Å²) < 4.78 is 112. The number of alkyl halides is 3. The molecule has 3 aromatic rings. The van der Waals surface area contributed by atoms with Crippen molar-refractivity contribution in [3.63, 3.8) is 0 Å². The first kappa shape index (κ1) is 41.7. The van der Waals surface area contributed by atoms with Crippen LogP contribution in [0.2, 0.25) is 0 Å². The molecule has 1 atom stereocenters. The molecule has 6 rings (SSSR count). The maximum atomic E-state index is 14.3. The van der Waals surface area contributed by atoms with Gasteiger partial charge in [0.1, 0.15) is 11.6 Å². The van der Waals surface area contributed by atoms with Gasteiger partial charge in [-0.15, -0.1) is 0 Å². The third-order valence-electron chi connectivity index (χ3n) is 10.6. The second-order valence-corrected chi connectivity index (χ2v) is 18.4. The Labute approximate surface area is 312 Å². The van der Waals surface area contributed by atoms with Crippen LogP contribution in [0.1, 0.15) is 66.6 Å². The van der Waals surface area contributed by atoms with Crippen LogP contribution in [0.3, 0.4) is 0 Å². The van der Waals surface area contributed by atoms with Gasteiger partial charge in [-0.25, -0.2) is 39.7 Å². The molecule has 3 aliphatic rings. The Balaban J connectivity index is 0.000000730. The van der Waals surface area contributed by atoms with Crippen LogP contribution < -0.4 is 0 Å². The van der Waals surface area contributed by atoms with Crippen LogP contribution in [0.15, 0.2) is 53.7 Å². The quantitative estimate of drug-likeness (QED) is 0.274. The minimum Gasteiger partial charge on any atom is -0.475 e. The molecule has 2 aromatic carbocycles. The molecule has 11 nitrogen and oxygen atoms in total. The first-order chi connectivity index (χ1) is 25.3. The third kappa shape index (κ3) is 11.1. The van der Waals surface area contributed by atoms with Gasteiger partial charge in [-0.3, -0.25) is 4.90 Å². The maximum absolute atomic E-state index is 14.3. The Morgan fingerprint density at radius 3 is 2.02 bits per heavy atom. The van der Waals surface area contributed by atoms with Gasteiger partial charge >= 0.3 is 12.1 Å². The second-order valence-electron chi connectivity index (χ2n) is 14.4. The molecule has 2 fully saturated rings. The molecule has 0 aliphatic carbocycles. The number of sulfone groups is 1. The molecule has 0 bridgehead atoms. The molecule has 0 saturated carbocycles. The molecule has 0 radical (unpaired) electrons. The number of rotatable bonds is 10. The zero-order valence-corrected chi connectivity index (χ0v) is 31.8. The van der Waals surface area contributed by atoms with Crippen molar-refractivity contribution < 1.29 is 48.7 Å². The van der Waals surface area contributed by atoms with Crippen LogP contribution in [0.25, 0.3) is 0 Å². The second kappa shape index (κ2) is 17.1. The van der Waals surface area contributed by atoms with E-state index in [-0.39, 0.29) is 11.8 Å². The van der Waals surface area contributed by atoms with Crippen LogP contribution in [0.4, 0.5) is 22.0 Å². The largest absolute Gasteiger partial charge is 0.490 e. The number of carboxylic acids is 1. The van der Waals surface area contributed by atoms with Gasteiger partial charge in [-0.1, -0.05) is 12.1 Å². The SMILES string of the molecule is CS(=O)(=O)c1ccc(CN2CCc3c(ncn3C3CCN(CC[C@@H](c4cc(F)cc(F)c4)C4CCN(S(C)(=O)=O)CC4)CC3)C2)cc1.O=C(O)C(F)(F)F. The number of piperidine rings is 2. The summed E-state index contributed by atoms with van der Waals surface area (Å²) in [5.74, 6) is -3.78. The van der Waals surface area contributed by atoms with E-state index in [1.165, 1.54) is 34.6 Å². The first-order valence-electron chi connectivity index (χ1n) is 17.8. The van der Waals surface area contributed by atoms with E-state index in [0.29, 0.717) is 42.4 Å². The van der Waals surface area contributed by atoms with Crippen LogP contribution in [-0.4, -0.2) is 110 Å². The fraction of sp³-hybridized carbons (Fsp3) is 0.556. The van der Waals surface area contributed by atoms with Crippen molar-refractivity contribution >= 4 is 25.8 Å². The summed E-state index contributed by atoms with van der Waals surface area (Å²) in [6, 6.07) is 11.3. The molecule has 298 valence electrons. The maximum Gasteiger partial charge on any atom is 0.490 e. The number of benzene rings is 2. The number of carboxylic acid groups (broad SMARTS) is 1. The minimum atomic E-state index is -5.08. The van der Waals surface area contributed by atoms with Gasteiger partial charge in [0.2, 0.25) is 10.0 Å². The number of nitrogens with zero attached hydrogens (tertiary/aromatic N) is 5. The van der Waals surface area contributed by atoms with E-state index in [1.807, 2.05) is 18.5 Å². The lowest BCUT2D eigenvalue weighted by atomic mass is 9.78. The Kier molecular flexibility index (Phi) is 13.2. The molecule has 1 aromatic heterocycles. The molecule has 2 saturated heterocycles. The molecule has 1 N–H and O–H groups in total. The number of aromatic nitrogens is 2. The topological polar surface area (TPSA) is 133 Å². The van der Waals surface area contributed by atoms with Crippen LogP contribution in [0, 0.1) is 17.6 Å². The zero-order valence-electron chi connectivity index (χ0n) is 30.2. The average Bonchev–Trinajstić information content (AvgIpc) is 3.51. The van der Waals surface area contributed by atoms with Crippen molar-refractivity contribution in [3.8, 4) is 0 Å². The summed E-state index contributed by atoms with van der Waals surface area (Å²) in [4.78, 5) is 18.8. The van der Waals surface area contributed by atoms with Gasteiger partial charge in [0.25, 0.3) is 0 Å². The molecule has 0 spiro atoms. The van der Waals surface area contributed by atoms with Gasteiger partial charge in [0, 0.05) is 76.3 Å². The van der Waals surface area contributed by atoms with Crippen molar-refractivity contribution in [1.82, 2.24) is 23.7 Å². The molecule has 4 heterocycles. The highest BCUT2D eigenvalue weighted by molar-refractivity contribution is 7.90. The third-order valence-corrected chi connectivity index (χ3v) is 13.0. The molecular formula is C36H46F5N5O6S2. The number of hydrogen-bond acceptors (Lipinski definition) is 8. The van der Waals surface area contributed by atoms with Gasteiger partial charge in [0.15, 0.2) is 9.84 Å². The first-order valence-corrected chi connectivity index (χ1v) is 21.5. The lowest BCUT2D eigenvalue weighted by Crippen LogP contribution is -2.40. The number of likely N-dealkylation sites (tertiary alicyclic amines) is 1. The summed E-state index contributed by atoms with van der Waals surface area (Å²) in [5.41, 5.74) is 4.16.